The van der Waals surface area contributed by atoms with Crippen LogP contribution >= 0.6 is 0 Å². The second kappa shape index (κ2) is 3.36. The lowest BCUT2D eigenvalue weighted by Gasteiger charge is -2.60. The molecule has 3 saturated carbocycles. The summed E-state index contributed by atoms with van der Waals surface area (Å²) in [5.74, 6) is 2.99. The summed E-state index contributed by atoms with van der Waals surface area (Å²) in [7, 11) is 0. The molecular formula is C13H22O. The van der Waals surface area contributed by atoms with Crippen LogP contribution in [0.1, 0.15) is 46.5 Å². The van der Waals surface area contributed by atoms with Gasteiger partial charge < -0.3 is 4.79 Å². The van der Waals surface area contributed by atoms with E-state index in [0.29, 0.717) is 5.41 Å². The molecule has 3 aliphatic carbocycles. The Hall–Kier alpha value is -0.330. The fourth-order valence-electron chi connectivity index (χ4n) is 3.78. The van der Waals surface area contributed by atoms with Crippen LogP contribution < -0.4 is 0 Å². The molecule has 0 spiro atoms. The van der Waals surface area contributed by atoms with Crippen molar-refractivity contribution in [2.24, 2.45) is 29.1 Å². The predicted octanol–water partition coefficient (Wildman–Crippen LogP) is 3.28. The molecule has 0 aromatic rings. The van der Waals surface area contributed by atoms with Crippen LogP contribution in [0.25, 0.3) is 0 Å². The first-order valence-corrected chi connectivity index (χ1v) is 6.01. The van der Waals surface area contributed by atoms with Crippen LogP contribution in [0, 0.1) is 29.1 Å². The maximum Gasteiger partial charge on any atom is 0.122 e. The molecule has 0 N–H and O–H groups in total. The van der Waals surface area contributed by atoms with Gasteiger partial charge in [0.1, 0.15) is 6.29 Å². The molecule has 2 bridgehead atoms. The quantitative estimate of drug-likeness (QED) is 0.630. The van der Waals surface area contributed by atoms with Crippen LogP contribution in [-0.2, 0) is 4.79 Å². The van der Waals surface area contributed by atoms with Gasteiger partial charge >= 0.3 is 0 Å². The summed E-state index contributed by atoms with van der Waals surface area (Å²) in [6.45, 7) is 6.90. The smallest absolute Gasteiger partial charge is 0.122 e. The summed E-state index contributed by atoms with van der Waals surface area (Å²) in [5, 5.41) is 0. The zero-order valence-electron chi connectivity index (χ0n) is 9.62. The van der Waals surface area contributed by atoms with Gasteiger partial charge in [-0.15, -0.1) is 0 Å². The molecule has 0 aromatic heterocycles. The standard InChI is InChI=1S/C13H22O/c1-9(8-14)6-10-4-5-11-7-12(10)13(11,2)3/h8-12H,4-7H2,1-3H3. The van der Waals surface area contributed by atoms with E-state index in [9.17, 15) is 4.79 Å². The normalized spacial score (nSPS) is 41.2. The third kappa shape index (κ3) is 1.41. The van der Waals surface area contributed by atoms with Crippen molar-refractivity contribution in [1.29, 1.82) is 0 Å². The topological polar surface area (TPSA) is 17.1 Å². The van der Waals surface area contributed by atoms with Gasteiger partial charge in [-0.25, -0.2) is 0 Å². The van der Waals surface area contributed by atoms with Crippen molar-refractivity contribution in [2.75, 3.05) is 0 Å². The third-order valence-electron chi connectivity index (χ3n) is 4.91. The van der Waals surface area contributed by atoms with E-state index in [1.165, 1.54) is 19.3 Å². The number of aldehydes is 1. The molecule has 0 saturated heterocycles. The zero-order chi connectivity index (χ0) is 10.3. The van der Waals surface area contributed by atoms with Crippen LogP contribution in [0.2, 0.25) is 0 Å². The number of fused-ring (bicyclic) bond motifs is 2. The van der Waals surface area contributed by atoms with E-state index in [1.54, 1.807) is 0 Å². The summed E-state index contributed by atoms with van der Waals surface area (Å²) in [6, 6.07) is 0. The van der Waals surface area contributed by atoms with E-state index >= 15 is 0 Å². The van der Waals surface area contributed by atoms with E-state index in [2.05, 4.69) is 20.8 Å². The molecular weight excluding hydrogens is 172 g/mol. The molecule has 1 heteroatoms. The van der Waals surface area contributed by atoms with Gasteiger partial charge in [0.05, 0.1) is 0 Å². The number of carbonyl (C=O) groups excluding carboxylic acids is 1. The lowest BCUT2D eigenvalue weighted by Crippen LogP contribution is -2.52. The van der Waals surface area contributed by atoms with Crippen molar-refractivity contribution in [1.82, 2.24) is 0 Å². The van der Waals surface area contributed by atoms with Crippen molar-refractivity contribution in [3.05, 3.63) is 0 Å². The average molecular weight is 194 g/mol. The van der Waals surface area contributed by atoms with Crippen molar-refractivity contribution in [3.63, 3.8) is 0 Å². The highest BCUT2D eigenvalue weighted by molar-refractivity contribution is 5.52. The van der Waals surface area contributed by atoms with Crippen LogP contribution in [0.4, 0.5) is 0 Å². The largest absolute Gasteiger partial charge is 0.303 e. The summed E-state index contributed by atoms with van der Waals surface area (Å²) in [6.07, 6.45) is 6.46. The second-order valence-corrected chi connectivity index (χ2v) is 6.05. The molecule has 80 valence electrons. The van der Waals surface area contributed by atoms with Crippen LogP contribution in [-0.4, -0.2) is 6.29 Å². The Kier molecular flexibility index (Phi) is 2.45. The Morgan fingerprint density at radius 2 is 2.14 bits per heavy atom. The highest BCUT2D eigenvalue weighted by Gasteiger charge is 2.53. The van der Waals surface area contributed by atoms with E-state index in [4.69, 9.17) is 0 Å². The number of hydrogen-bond donors (Lipinski definition) is 0. The number of rotatable bonds is 3. The third-order valence-corrected chi connectivity index (χ3v) is 4.91. The van der Waals surface area contributed by atoms with Gasteiger partial charge in [-0.3, -0.25) is 0 Å². The fourth-order valence-corrected chi connectivity index (χ4v) is 3.78. The molecule has 0 amide bonds. The molecule has 0 aromatic carbocycles. The molecule has 0 radical (unpaired) electrons. The first-order valence-electron chi connectivity index (χ1n) is 6.01. The minimum atomic E-state index is 0.271. The predicted molar refractivity (Wildman–Crippen MR) is 57.9 cm³/mol. The minimum Gasteiger partial charge on any atom is -0.303 e. The highest BCUT2D eigenvalue weighted by atomic mass is 16.1. The van der Waals surface area contributed by atoms with Crippen molar-refractivity contribution < 1.29 is 4.79 Å². The Labute approximate surface area is 87.3 Å². The lowest BCUT2D eigenvalue weighted by atomic mass is 9.45. The summed E-state index contributed by atoms with van der Waals surface area (Å²) in [5.41, 5.74) is 0.575. The van der Waals surface area contributed by atoms with Gasteiger partial charge in [0, 0.05) is 5.92 Å². The zero-order valence-corrected chi connectivity index (χ0v) is 9.62. The van der Waals surface area contributed by atoms with Crippen LogP contribution in [0.5, 0.6) is 0 Å². The molecule has 3 aliphatic rings. The van der Waals surface area contributed by atoms with Gasteiger partial charge in [-0.1, -0.05) is 20.8 Å². The SMILES string of the molecule is CC(C=O)CC1CCC2CC1C2(C)C. The molecule has 0 aliphatic heterocycles. The van der Waals surface area contributed by atoms with E-state index in [-0.39, 0.29) is 5.92 Å². The van der Waals surface area contributed by atoms with E-state index in [1.807, 2.05) is 0 Å². The summed E-state index contributed by atoms with van der Waals surface area (Å²) < 4.78 is 0. The Morgan fingerprint density at radius 1 is 1.43 bits per heavy atom. The average Bonchev–Trinajstić information content (AvgIpc) is 2.17. The summed E-state index contributed by atoms with van der Waals surface area (Å²) in [4.78, 5) is 10.7. The van der Waals surface area contributed by atoms with Crippen LogP contribution in [0.15, 0.2) is 0 Å². The van der Waals surface area contributed by atoms with Gasteiger partial charge in [0.15, 0.2) is 0 Å². The van der Waals surface area contributed by atoms with E-state index < -0.39 is 0 Å². The molecule has 3 rings (SSSR count). The first kappa shape index (κ1) is 10.2. The highest BCUT2D eigenvalue weighted by Crippen LogP contribution is 2.62. The molecule has 3 fully saturated rings. The van der Waals surface area contributed by atoms with Gasteiger partial charge in [0.2, 0.25) is 0 Å². The molecule has 0 heterocycles. The maximum absolute atomic E-state index is 10.7. The Morgan fingerprint density at radius 3 is 2.64 bits per heavy atom. The molecule has 14 heavy (non-hydrogen) atoms. The van der Waals surface area contributed by atoms with E-state index in [0.717, 1.165) is 30.5 Å². The first-order chi connectivity index (χ1) is 6.55. The monoisotopic (exact) mass is 194 g/mol. The van der Waals surface area contributed by atoms with Crippen LogP contribution in [0.3, 0.4) is 0 Å². The second-order valence-electron chi connectivity index (χ2n) is 6.05. The van der Waals surface area contributed by atoms with Crippen molar-refractivity contribution in [3.8, 4) is 0 Å². The fraction of sp³-hybridized carbons (Fsp3) is 0.923. The Balaban J connectivity index is 1.97. The van der Waals surface area contributed by atoms with Gasteiger partial charge in [-0.05, 0) is 48.9 Å². The van der Waals surface area contributed by atoms with Gasteiger partial charge in [0.25, 0.3) is 0 Å². The Bertz CT molecular complexity index is 229. The van der Waals surface area contributed by atoms with Crippen molar-refractivity contribution in [2.45, 2.75) is 46.5 Å². The van der Waals surface area contributed by atoms with Gasteiger partial charge in [-0.2, -0.15) is 0 Å². The molecule has 4 unspecified atom stereocenters. The lowest BCUT2D eigenvalue weighted by molar-refractivity contribution is -0.119. The molecule has 4 atom stereocenters. The number of carbonyl (C=O) groups is 1. The minimum absolute atomic E-state index is 0.271. The van der Waals surface area contributed by atoms with Crippen molar-refractivity contribution >= 4 is 6.29 Å². The molecule has 1 nitrogen and oxygen atoms in total. The summed E-state index contributed by atoms with van der Waals surface area (Å²) >= 11 is 0. The maximum atomic E-state index is 10.7. The number of hydrogen-bond acceptors (Lipinski definition) is 1.